The Morgan fingerprint density at radius 3 is 2.85 bits per heavy atom. The number of fused-ring (bicyclic) bond motifs is 1. The van der Waals surface area contributed by atoms with E-state index >= 15 is 0 Å². The van der Waals surface area contributed by atoms with Crippen molar-refractivity contribution in [3.8, 4) is 0 Å². The Morgan fingerprint density at radius 1 is 1.23 bits per heavy atom. The lowest BCUT2D eigenvalue weighted by Gasteiger charge is -2.22. The van der Waals surface area contributed by atoms with Gasteiger partial charge >= 0.3 is 5.97 Å². The van der Waals surface area contributed by atoms with Gasteiger partial charge in [-0.05, 0) is 37.1 Å². The lowest BCUT2D eigenvalue weighted by molar-refractivity contribution is 0.0662. The molecule has 1 aliphatic heterocycles. The van der Waals surface area contributed by atoms with Crippen LogP contribution in [-0.2, 0) is 4.74 Å². The number of aromatic carboxylic acids is 1. The SMILES string of the molecule is O=C(O)c1cc(/C=C/c2cnn(C3CCOCC3)c2)nc2ccccc12. The molecule has 0 saturated carbocycles. The zero-order valence-corrected chi connectivity index (χ0v) is 14.2. The Hall–Kier alpha value is -2.99. The predicted octanol–water partition coefficient (Wildman–Crippen LogP) is 3.65. The largest absolute Gasteiger partial charge is 0.478 e. The minimum absolute atomic E-state index is 0.258. The molecule has 132 valence electrons. The van der Waals surface area contributed by atoms with Crippen molar-refractivity contribution in [1.29, 1.82) is 0 Å². The highest BCUT2D eigenvalue weighted by molar-refractivity contribution is 6.03. The number of carboxylic acids is 1. The maximum absolute atomic E-state index is 11.5. The number of pyridine rings is 1. The maximum atomic E-state index is 11.5. The number of para-hydroxylation sites is 1. The van der Waals surface area contributed by atoms with E-state index in [1.165, 1.54) is 0 Å². The van der Waals surface area contributed by atoms with E-state index in [9.17, 15) is 9.90 Å². The quantitative estimate of drug-likeness (QED) is 0.778. The van der Waals surface area contributed by atoms with Gasteiger partial charge in [0.2, 0.25) is 0 Å². The molecule has 0 amide bonds. The van der Waals surface area contributed by atoms with Crippen molar-refractivity contribution in [3.63, 3.8) is 0 Å². The number of hydrogen-bond acceptors (Lipinski definition) is 4. The van der Waals surface area contributed by atoms with E-state index in [4.69, 9.17) is 4.74 Å². The Bertz CT molecular complexity index is 971. The van der Waals surface area contributed by atoms with Crippen molar-refractivity contribution in [2.75, 3.05) is 13.2 Å². The number of ether oxygens (including phenoxy) is 1. The van der Waals surface area contributed by atoms with E-state index in [1.54, 1.807) is 12.1 Å². The van der Waals surface area contributed by atoms with Crippen LogP contribution in [0.4, 0.5) is 0 Å². The first-order valence-corrected chi connectivity index (χ1v) is 8.64. The fourth-order valence-electron chi connectivity index (χ4n) is 3.23. The zero-order valence-electron chi connectivity index (χ0n) is 14.2. The molecule has 6 heteroatoms. The summed E-state index contributed by atoms with van der Waals surface area (Å²) in [5.74, 6) is -0.953. The molecule has 3 heterocycles. The third-order valence-corrected chi connectivity index (χ3v) is 4.60. The van der Waals surface area contributed by atoms with Crippen molar-refractivity contribution in [2.24, 2.45) is 0 Å². The molecule has 0 unspecified atom stereocenters. The molecule has 0 aliphatic carbocycles. The summed E-state index contributed by atoms with van der Waals surface area (Å²) < 4.78 is 7.37. The minimum atomic E-state index is -0.953. The summed E-state index contributed by atoms with van der Waals surface area (Å²) in [4.78, 5) is 16.1. The first-order chi connectivity index (χ1) is 12.7. The number of carbonyl (C=O) groups is 1. The van der Waals surface area contributed by atoms with Crippen LogP contribution in [0.15, 0.2) is 42.7 Å². The number of benzene rings is 1. The Kier molecular flexibility index (Phi) is 4.50. The van der Waals surface area contributed by atoms with Crippen LogP contribution in [0.5, 0.6) is 0 Å². The number of nitrogens with zero attached hydrogens (tertiary/aromatic N) is 3. The average Bonchev–Trinajstić information content (AvgIpc) is 3.15. The maximum Gasteiger partial charge on any atom is 0.336 e. The highest BCUT2D eigenvalue weighted by atomic mass is 16.5. The van der Waals surface area contributed by atoms with Gasteiger partial charge in [-0.25, -0.2) is 9.78 Å². The Balaban J connectivity index is 1.60. The Labute approximate surface area is 150 Å². The van der Waals surface area contributed by atoms with Crippen LogP contribution in [-0.4, -0.2) is 39.1 Å². The number of aromatic nitrogens is 3. The fourth-order valence-corrected chi connectivity index (χ4v) is 3.23. The van der Waals surface area contributed by atoms with Crippen LogP contribution >= 0.6 is 0 Å². The van der Waals surface area contributed by atoms with Crippen LogP contribution in [0.3, 0.4) is 0 Å². The van der Waals surface area contributed by atoms with E-state index in [0.29, 0.717) is 22.6 Å². The number of rotatable bonds is 4. The van der Waals surface area contributed by atoms with E-state index in [2.05, 4.69) is 10.1 Å². The van der Waals surface area contributed by atoms with Crippen molar-refractivity contribution in [3.05, 3.63) is 59.5 Å². The highest BCUT2D eigenvalue weighted by Crippen LogP contribution is 2.22. The van der Waals surface area contributed by atoms with Gasteiger partial charge in [0.1, 0.15) is 0 Å². The molecule has 1 aromatic carbocycles. The summed E-state index contributed by atoms with van der Waals surface area (Å²) in [6.07, 6.45) is 9.49. The van der Waals surface area contributed by atoms with Gasteiger partial charge in [0.25, 0.3) is 0 Å². The van der Waals surface area contributed by atoms with E-state index in [1.807, 2.05) is 47.4 Å². The molecule has 0 bridgehead atoms. The predicted molar refractivity (Wildman–Crippen MR) is 98.9 cm³/mol. The molecule has 0 atom stereocenters. The summed E-state index contributed by atoms with van der Waals surface area (Å²) in [6, 6.07) is 9.25. The molecule has 4 rings (SSSR count). The molecule has 0 spiro atoms. The molecule has 3 aromatic rings. The second kappa shape index (κ2) is 7.09. The topological polar surface area (TPSA) is 77.2 Å². The second-order valence-electron chi connectivity index (χ2n) is 6.35. The smallest absolute Gasteiger partial charge is 0.336 e. The lowest BCUT2D eigenvalue weighted by Crippen LogP contribution is -2.19. The molecule has 2 aromatic heterocycles. The molecular formula is C20H19N3O3. The van der Waals surface area contributed by atoms with Gasteiger partial charge in [0.15, 0.2) is 0 Å². The van der Waals surface area contributed by atoms with Gasteiger partial charge in [-0.15, -0.1) is 0 Å². The van der Waals surface area contributed by atoms with Gasteiger partial charge in [0.05, 0.1) is 29.0 Å². The van der Waals surface area contributed by atoms with Crippen molar-refractivity contribution >= 4 is 29.0 Å². The summed E-state index contributed by atoms with van der Waals surface area (Å²) in [5.41, 5.74) is 2.50. The first kappa shape index (κ1) is 16.5. The van der Waals surface area contributed by atoms with Crippen LogP contribution in [0.2, 0.25) is 0 Å². The summed E-state index contributed by atoms with van der Waals surface area (Å²) in [5, 5.41) is 14.6. The zero-order chi connectivity index (χ0) is 17.9. The monoisotopic (exact) mass is 349 g/mol. The molecule has 1 saturated heterocycles. The van der Waals surface area contributed by atoms with E-state index in [0.717, 1.165) is 31.6 Å². The second-order valence-corrected chi connectivity index (χ2v) is 6.35. The van der Waals surface area contributed by atoms with Gasteiger partial charge < -0.3 is 9.84 Å². The lowest BCUT2D eigenvalue weighted by atomic mass is 10.1. The fraction of sp³-hybridized carbons (Fsp3) is 0.250. The first-order valence-electron chi connectivity index (χ1n) is 8.64. The molecule has 1 aliphatic rings. The van der Waals surface area contributed by atoms with Crippen molar-refractivity contribution in [2.45, 2.75) is 18.9 Å². The average molecular weight is 349 g/mol. The van der Waals surface area contributed by atoms with Gasteiger partial charge in [0, 0.05) is 30.4 Å². The van der Waals surface area contributed by atoms with Crippen molar-refractivity contribution < 1.29 is 14.6 Å². The van der Waals surface area contributed by atoms with Crippen LogP contribution in [0.1, 0.15) is 40.5 Å². The Morgan fingerprint density at radius 2 is 2.04 bits per heavy atom. The van der Waals surface area contributed by atoms with E-state index in [-0.39, 0.29) is 5.56 Å². The minimum Gasteiger partial charge on any atom is -0.478 e. The van der Waals surface area contributed by atoms with Gasteiger partial charge in [-0.3, -0.25) is 4.68 Å². The summed E-state index contributed by atoms with van der Waals surface area (Å²) in [7, 11) is 0. The molecule has 0 radical (unpaired) electrons. The molecule has 6 nitrogen and oxygen atoms in total. The highest BCUT2D eigenvalue weighted by Gasteiger charge is 2.16. The molecule has 1 fully saturated rings. The third kappa shape index (κ3) is 3.36. The number of hydrogen-bond donors (Lipinski definition) is 1. The molecule has 1 N–H and O–H groups in total. The summed E-state index contributed by atoms with van der Waals surface area (Å²) in [6.45, 7) is 1.54. The normalized spacial score (nSPS) is 15.7. The van der Waals surface area contributed by atoms with E-state index < -0.39 is 5.97 Å². The number of carboxylic acid groups (broad SMARTS) is 1. The standard InChI is InChI=1S/C20H19N3O3/c24-20(25)18-11-15(22-19-4-2-1-3-17(18)19)6-5-14-12-21-23(13-14)16-7-9-26-10-8-16/h1-6,11-13,16H,7-10H2,(H,24,25)/b6-5+. The van der Waals surface area contributed by atoms with Crippen LogP contribution in [0, 0.1) is 0 Å². The van der Waals surface area contributed by atoms with Gasteiger partial charge in [-0.2, -0.15) is 5.10 Å². The van der Waals surface area contributed by atoms with Gasteiger partial charge in [-0.1, -0.05) is 18.2 Å². The summed E-state index contributed by atoms with van der Waals surface area (Å²) >= 11 is 0. The van der Waals surface area contributed by atoms with Crippen LogP contribution < -0.4 is 0 Å². The van der Waals surface area contributed by atoms with Crippen LogP contribution in [0.25, 0.3) is 23.1 Å². The molecular weight excluding hydrogens is 330 g/mol. The van der Waals surface area contributed by atoms with Crippen molar-refractivity contribution in [1.82, 2.24) is 14.8 Å². The molecule has 26 heavy (non-hydrogen) atoms. The third-order valence-electron chi connectivity index (χ3n) is 4.60.